The topological polar surface area (TPSA) is 63.3 Å². The lowest BCUT2D eigenvalue weighted by Gasteiger charge is -2.13. The summed E-state index contributed by atoms with van der Waals surface area (Å²) in [5.41, 5.74) is 5.36. The Morgan fingerprint density at radius 2 is 2.27 bits per heavy atom. The second-order valence-electron chi connectivity index (χ2n) is 3.11. The van der Waals surface area contributed by atoms with Crippen LogP contribution in [-0.4, -0.2) is 22.4 Å². The van der Waals surface area contributed by atoms with Crippen LogP contribution < -0.4 is 5.73 Å². The van der Waals surface area contributed by atoms with E-state index >= 15 is 0 Å². The molecule has 0 aromatic rings. The van der Waals surface area contributed by atoms with Crippen molar-refractivity contribution in [1.29, 1.82) is 0 Å². The van der Waals surface area contributed by atoms with Gasteiger partial charge in [0.1, 0.15) is 6.04 Å². The van der Waals surface area contributed by atoms with Gasteiger partial charge in [-0.15, -0.1) is 0 Å². The summed E-state index contributed by atoms with van der Waals surface area (Å²) in [5, 5.41) is 8.33. The molecule has 1 aliphatic rings. The zero-order chi connectivity index (χ0) is 8.43. The molecule has 1 saturated carbocycles. The molecule has 3 N–H and O–H groups in total. The summed E-state index contributed by atoms with van der Waals surface area (Å²) in [4.78, 5) is 10.4. The summed E-state index contributed by atoms with van der Waals surface area (Å²) in [6, 6.07) is -0.807. The molecular weight excluding hydrogens is 162 g/mol. The van der Waals surface area contributed by atoms with E-state index in [4.69, 9.17) is 10.8 Å². The van der Waals surface area contributed by atoms with Crippen LogP contribution in [0.2, 0.25) is 0 Å². The average molecular weight is 175 g/mol. The first-order chi connectivity index (χ1) is 5.11. The van der Waals surface area contributed by atoms with Crippen molar-refractivity contribution in [2.24, 2.45) is 11.7 Å². The molecule has 0 aromatic heterocycles. The van der Waals surface area contributed by atoms with Gasteiger partial charge < -0.3 is 10.8 Å². The van der Waals surface area contributed by atoms with Gasteiger partial charge in [0.2, 0.25) is 0 Å². The van der Waals surface area contributed by atoms with Gasteiger partial charge in [-0.25, -0.2) is 0 Å². The van der Waals surface area contributed by atoms with Crippen molar-refractivity contribution in [1.82, 2.24) is 0 Å². The van der Waals surface area contributed by atoms with E-state index in [0.717, 1.165) is 6.42 Å². The number of nitrogens with two attached hydrogens (primary N) is 1. The first-order valence-corrected chi connectivity index (χ1v) is 4.29. The third kappa shape index (κ3) is 2.71. The Hall–Kier alpha value is -0.220. The largest absolute Gasteiger partial charge is 0.480 e. The summed E-state index contributed by atoms with van der Waals surface area (Å²) >= 11 is 4.14. The van der Waals surface area contributed by atoms with Crippen molar-refractivity contribution >= 4 is 18.6 Å². The van der Waals surface area contributed by atoms with Crippen molar-refractivity contribution in [3.05, 3.63) is 0 Å². The summed E-state index contributed by atoms with van der Waals surface area (Å²) < 4.78 is 0. The Bertz CT molecular complexity index is 159. The second-order valence-corrected chi connectivity index (χ2v) is 3.77. The Morgan fingerprint density at radius 1 is 1.73 bits per heavy atom. The van der Waals surface area contributed by atoms with Crippen LogP contribution in [-0.2, 0) is 4.79 Å². The third-order valence-corrected chi connectivity index (χ3v) is 2.50. The van der Waals surface area contributed by atoms with E-state index in [1.165, 1.54) is 12.8 Å². The summed E-state index contributed by atoms with van der Waals surface area (Å²) in [6.45, 7) is 0. The smallest absolute Gasteiger partial charge is 0.321 e. The predicted octanol–water partition coefficient (Wildman–Crippen LogP) is 0.497. The number of carbonyl (C=O) groups is 1. The van der Waals surface area contributed by atoms with Crippen LogP contribution in [0.25, 0.3) is 0 Å². The zero-order valence-corrected chi connectivity index (χ0v) is 7.13. The number of hydrogen-bond acceptors (Lipinski definition) is 3. The summed E-state index contributed by atoms with van der Waals surface area (Å²) in [7, 11) is 0. The van der Waals surface area contributed by atoms with Crippen LogP contribution in [0.3, 0.4) is 0 Å². The van der Waals surface area contributed by atoms with Gasteiger partial charge in [0.05, 0.1) is 0 Å². The number of aliphatic carboxylic acids is 1. The van der Waals surface area contributed by atoms with E-state index in [1.807, 2.05) is 0 Å². The van der Waals surface area contributed by atoms with Gasteiger partial charge in [0.25, 0.3) is 0 Å². The van der Waals surface area contributed by atoms with E-state index in [-0.39, 0.29) is 5.25 Å². The molecule has 0 aromatic carbocycles. The quantitative estimate of drug-likeness (QED) is 0.545. The molecule has 64 valence electrons. The molecule has 0 radical (unpaired) electrons. The summed E-state index contributed by atoms with van der Waals surface area (Å²) in [6.07, 6.45) is 3.27. The monoisotopic (exact) mass is 175 g/mol. The van der Waals surface area contributed by atoms with Crippen LogP contribution >= 0.6 is 12.6 Å². The summed E-state index contributed by atoms with van der Waals surface area (Å²) in [5.74, 6) is -0.270. The zero-order valence-electron chi connectivity index (χ0n) is 6.23. The van der Waals surface area contributed by atoms with Crippen molar-refractivity contribution in [3.8, 4) is 0 Å². The maximum Gasteiger partial charge on any atom is 0.321 e. The Kier molecular flexibility index (Phi) is 2.78. The lowest BCUT2D eigenvalue weighted by molar-refractivity contribution is -0.138. The highest BCUT2D eigenvalue weighted by Gasteiger charge is 2.29. The third-order valence-electron chi connectivity index (χ3n) is 1.97. The van der Waals surface area contributed by atoms with Crippen LogP contribution in [0.15, 0.2) is 0 Å². The molecule has 1 rings (SSSR count). The molecule has 11 heavy (non-hydrogen) atoms. The number of hydrogen-bond donors (Lipinski definition) is 3. The van der Waals surface area contributed by atoms with Crippen molar-refractivity contribution in [2.45, 2.75) is 30.6 Å². The predicted molar refractivity (Wildman–Crippen MR) is 45.7 cm³/mol. The minimum Gasteiger partial charge on any atom is -0.480 e. The maximum absolute atomic E-state index is 10.4. The fourth-order valence-corrected chi connectivity index (χ4v) is 1.43. The number of carboxylic acid groups (broad SMARTS) is 1. The van der Waals surface area contributed by atoms with Crippen LogP contribution in [0.5, 0.6) is 0 Å². The number of rotatable bonds is 4. The van der Waals surface area contributed by atoms with E-state index < -0.39 is 12.0 Å². The SMILES string of the molecule is NC(C(=O)O)C(S)CC1CC1. The van der Waals surface area contributed by atoms with Crippen molar-refractivity contribution < 1.29 is 9.90 Å². The molecule has 2 atom stereocenters. The highest BCUT2D eigenvalue weighted by Crippen LogP contribution is 2.35. The van der Waals surface area contributed by atoms with Gasteiger partial charge in [0, 0.05) is 5.25 Å². The highest BCUT2D eigenvalue weighted by molar-refractivity contribution is 7.81. The molecule has 0 spiro atoms. The molecule has 0 bridgehead atoms. The van der Waals surface area contributed by atoms with Gasteiger partial charge in [-0.1, -0.05) is 12.8 Å². The van der Waals surface area contributed by atoms with Gasteiger partial charge in [-0.2, -0.15) is 12.6 Å². The van der Waals surface area contributed by atoms with Crippen LogP contribution in [0, 0.1) is 5.92 Å². The molecule has 3 nitrogen and oxygen atoms in total. The van der Waals surface area contributed by atoms with Crippen LogP contribution in [0.4, 0.5) is 0 Å². The molecule has 2 unspecified atom stereocenters. The molecule has 0 heterocycles. The van der Waals surface area contributed by atoms with Crippen molar-refractivity contribution in [3.63, 3.8) is 0 Å². The van der Waals surface area contributed by atoms with Crippen molar-refractivity contribution in [2.75, 3.05) is 0 Å². The molecule has 0 aliphatic heterocycles. The minimum atomic E-state index is -0.953. The molecule has 0 saturated heterocycles. The number of carboxylic acids is 1. The first-order valence-electron chi connectivity index (χ1n) is 3.77. The molecule has 0 amide bonds. The standard InChI is InChI=1S/C7H13NO2S/c8-6(7(9)10)5(11)3-4-1-2-4/h4-6,11H,1-3,8H2,(H,9,10). The molecule has 1 aliphatic carbocycles. The Balaban J connectivity index is 2.26. The minimum absolute atomic E-state index is 0.181. The molecule has 4 heteroatoms. The van der Waals surface area contributed by atoms with Gasteiger partial charge >= 0.3 is 5.97 Å². The Labute approximate surface area is 71.4 Å². The van der Waals surface area contributed by atoms with Crippen LogP contribution in [0.1, 0.15) is 19.3 Å². The molecular formula is C7H13NO2S. The van der Waals surface area contributed by atoms with E-state index in [0.29, 0.717) is 5.92 Å². The van der Waals surface area contributed by atoms with Gasteiger partial charge in [-0.05, 0) is 12.3 Å². The first kappa shape index (κ1) is 8.87. The second kappa shape index (κ2) is 3.45. The average Bonchev–Trinajstić information content (AvgIpc) is 2.69. The van der Waals surface area contributed by atoms with E-state index in [2.05, 4.69) is 12.6 Å². The normalized spacial score (nSPS) is 22.7. The maximum atomic E-state index is 10.4. The lowest BCUT2D eigenvalue weighted by Crippen LogP contribution is -2.39. The fourth-order valence-electron chi connectivity index (χ4n) is 1.01. The van der Waals surface area contributed by atoms with E-state index in [1.54, 1.807) is 0 Å². The molecule has 1 fully saturated rings. The Morgan fingerprint density at radius 3 is 2.64 bits per heavy atom. The van der Waals surface area contributed by atoms with Gasteiger partial charge in [-0.3, -0.25) is 4.79 Å². The highest BCUT2D eigenvalue weighted by atomic mass is 32.1. The number of thiol groups is 1. The van der Waals surface area contributed by atoms with E-state index in [9.17, 15) is 4.79 Å². The fraction of sp³-hybridized carbons (Fsp3) is 0.857. The lowest BCUT2D eigenvalue weighted by atomic mass is 10.1. The van der Waals surface area contributed by atoms with Gasteiger partial charge in [0.15, 0.2) is 0 Å².